The summed E-state index contributed by atoms with van der Waals surface area (Å²) in [5.74, 6) is 0. The Morgan fingerprint density at radius 1 is 1.22 bits per heavy atom. The molecule has 2 aliphatic heterocycles. The SMILES string of the molecule is C1=CC[N-]C(C2CCCC[N-]2)=C1.CCC[CH2][Sn]([Br])([I])[CH2]CCC. The van der Waals surface area contributed by atoms with Crippen molar-refractivity contribution in [3.8, 4) is 0 Å². The molecule has 0 spiro atoms. The van der Waals surface area contributed by atoms with E-state index in [0.717, 1.165) is 13.1 Å². The second kappa shape index (κ2) is 13.5. The molecule has 1 atom stereocenters. The van der Waals surface area contributed by atoms with Gasteiger partial charge in [-0.25, -0.2) is 0 Å². The van der Waals surface area contributed by atoms with Crippen LogP contribution in [0, 0.1) is 0 Å². The third-order valence-corrected chi connectivity index (χ3v) is 22.9. The van der Waals surface area contributed by atoms with Crippen molar-refractivity contribution in [3.63, 3.8) is 0 Å². The van der Waals surface area contributed by atoms with E-state index >= 15 is 0 Å². The van der Waals surface area contributed by atoms with E-state index in [4.69, 9.17) is 0 Å². The number of hydrogen-bond acceptors (Lipinski definition) is 0. The topological polar surface area (TPSA) is 28.2 Å². The van der Waals surface area contributed by atoms with Gasteiger partial charge in [0, 0.05) is 0 Å². The molecule has 0 aromatic rings. The van der Waals surface area contributed by atoms with E-state index in [1.54, 1.807) is 0 Å². The molecule has 0 saturated carbocycles. The summed E-state index contributed by atoms with van der Waals surface area (Å²) < 4.78 is 3.04. The Labute approximate surface area is 163 Å². The number of allylic oxidation sites excluding steroid dienone is 2. The Morgan fingerprint density at radius 3 is 2.39 bits per heavy atom. The van der Waals surface area contributed by atoms with Gasteiger partial charge in [-0.3, -0.25) is 0 Å². The maximum absolute atomic E-state index is 4.56. The molecule has 1 fully saturated rings. The molecule has 0 N–H and O–H groups in total. The van der Waals surface area contributed by atoms with Crippen molar-refractivity contribution in [2.24, 2.45) is 0 Å². The van der Waals surface area contributed by atoms with Gasteiger partial charge >= 0.3 is 91.9 Å². The molecule has 0 aliphatic carbocycles. The van der Waals surface area contributed by atoms with Crippen LogP contribution in [-0.2, 0) is 0 Å². The van der Waals surface area contributed by atoms with Gasteiger partial charge in [-0.1, -0.05) is 31.4 Å². The molecule has 0 aromatic heterocycles. The molecule has 2 rings (SSSR count). The van der Waals surface area contributed by atoms with Crippen LogP contribution in [0.4, 0.5) is 0 Å². The molecular weight excluding hydrogens is 570 g/mol. The normalized spacial score (nSPS) is 21.0. The number of piperidine rings is 1. The third-order valence-electron chi connectivity index (χ3n) is 4.15. The molecule has 5 heteroatoms. The number of nitrogens with zero attached hydrogens (tertiary/aromatic N) is 2. The molecule has 0 bridgehead atoms. The number of rotatable bonds is 7. The maximum atomic E-state index is 4.56. The summed E-state index contributed by atoms with van der Waals surface area (Å²) in [7, 11) is 0. The van der Waals surface area contributed by atoms with Gasteiger partial charge in [0.25, 0.3) is 0 Å². The van der Waals surface area contributed by atoms with Gasteiger partial charge in [0.2, 0.25) is 0 Å². The van der Waals surface area contributed by atoms with Crippen molar-refractivity contribution in [1.82, 2.24) is 0 Å². The predicted molar refractivity (Wildman–Crippen MR) is 119 cm³/mol. The fourth-order valence-electron chi connectivity index (χ4n) is 2.68. The molecule has 2 heterocycles. The first-order chi connectivity index (χ1) is 11.1. The van der Waals surface area contributed by atoms with Crippen molar-refractivity contribution in [2.75, 3.05) is 13.1 Å². The summed E-state index contributed by atoms with van der Waals surface area (Å²) in [4.78, 5) is 0. The first kappa shape index (κ1) is 22.3. The van der Waals surface area contributed by atoms with E-state index in [9.17, 15) is 0 Å². The van der Waals surface area contributed by atoms with Crippen LogP contribution in [0.3, 0.4) is 0 Å². The Kier molecular flexibility index (Phi) is 13.0. The van der Waals surface area contributed by atoms with E-state index in [-0.39, 0.29) is 0 Å². The van der Waals surface area contributed by atoms with Crippen LogP contribution in [0.25, 0.3) is 10.6 Å². The van der Waals surface area contributed by atoms with Gasteiger partial charge in [0.1, 0.15) is 0 Å². The standard InChI is InChI=1S/C10H14N2.2C4H9.BrH.HI.Sn/c1-3-7-11-9(5-1)10-6-2-4-8-12-10;2*1-3-4-2;;;/h1,3,5,10H,2,4,6-8H2;2*1,3-4H2,2H3;2*1H;/q-2;;;;;+2/p-2. The van der Waals surface area contributed by atoms with Crippen molar-refractivity contribution in [2.45, 2.75) is 73.7 Å². The summed E-state index contributed by atoms with van der Waals surface area (Å²) in [5, 5.41) is 8.99. The van der Waals surface area contributed by atoms with Crippen molar-refractivity contribution in [1.29, 1.82) is 0 Å². The summed E-state index contributed by atoms with van der Waals surface area (Å²) in [6, 6.07) is 0.406. The molecule has 134 valence electrons. The molecule has 23 heavy (non-hydrogen) atoms. The zero-order valence-corrected chi connectivity index (χ0v) is 21.3. The number of unbranched alkanes of at least 4 members (excludes halogenated alkanes) is 2. The minimum atomic E-state index is -1.65. The minimum absolute atomic E-state index is 0.406. The fourth-order valence-corrected chi connectivity index (χ4v) is 17.2. The summed E-state index contributed by atoms with van der Waals surface area (Å²) in [6.07, 6.45) is 15.6. The summed E-state index contributed by atoms with van der Waals surface area (Å²) in [5.41, 5.74) is 1.19. The zero-order valence-electron chi connectivity index (χ0n) is 14.7. The molecule has 1 saturated heterocycles. The van der Waals surface area contributed by atoms with Gasteiger partial charge in [0.05, 0.1) is 0 Å². The van der Waals surface area contributed by atoms with E-state index in [2.05, 4.69) is 74.0 Å². The van der Waals surface area contributed by atoms with Crippen LogP contribution >= 0.6 is 31.3 Å². The second-order valence-corrected chi connectivity index (χ2v) is 48.1. The quantitative estimate of drug-likeness (QED) is 0.212. The number of halogens is 2. The van der Waals surface area contributed by atoms with E-state index in [1.807, 2.05) is 0 Å². The van der Waals surface area contributed by atoms with Gasteiger partial charge < -0.3 is 10.6 Å². The van der Waals surface area contributed by atoms with Crippen molar-refractivity contribution in [3.05, 3.63) is 34.6 Å². The van der Waals surface area contributed by atoms with Gasteiger partial charge in [-0.2, -0.15) is 5.70 Å². The zero-order chi connectivity index (χ0) is 17.0. The van der Waals surface area contributed by atoms with Crippen molar-refractivity contribution >= 4 is 43.5 Å². The van der Waals surface area contributed by atoms with Gasteiger partial charge in [-0.05, 0) is 0 Å². The first-order valence-corrected chi connectivity index (χ1v) is 27.9. The van der Waals surface area contributed by atoms with Crippen LogP contribution in [0.1, 0.15) is 58.8 Å². The average molecular weight is 602 g/mol. The molecule has 0 amide bonds. The molecule has 2 nitrogen and oxygen atoms in total. The van der Waals surface area contributed by atoms with Gasteiger partial charge in [0.15, 0.2) is 0 Å². The van der Waals surface area contributed by atoms with E-state index < -0.39 is 12.2 Å². The van der Waals surface area contributed by atoms with Crippen LogP contribution < -0.4 is 0 Å². The fraction of sp³-hybridized carbons (Fsp3) is 0.778. The van der Waals surface area contributed by atoms with E-state index in [0.29, 0.717) is 6.04 Å². The molecule has 1 unspecified atom stereocenters. The van der Waals surface area contributed by atoms with Crippen LogP contribution in [0.15, 0.2) is 23.9 Å². The second-order valence-electron chi connectivity index (χ2n) is 6.34. The summed E-state index contributed by atoms with van der Waals surface area (Å²) in [6.45, 7) is 6.44. The number of hydrogen-bond donors (Lipinski definition) is 0. The Balaban J connectivity index is 0.000000232. The Hall–Kier alpha value is 1.25. The van der Waals surface area contributed by atoms with Crippen LogP contribution in [-0.4, -0.2) is 31.3 Å². The van der Waals surface area contributed by atoms with E-state index in [1.165, 1.54) is 59.5 Å². The van der Waals surface area contributed by atoms with Crippen LogP contribution in [0.5, 0.6) is 0 Å². The monoisotopic (exact) mass is 602 g/mol. The molecule has 2 aliphatic rings. The van der Waals surface area contributed by atoms with Gasteiger partial charge in [-0.15, -0.1) is 25.2 Å². The first-order valence-electron chi connectivity index (χ1n) is 9.17. The average Bonchev–Trinajstić information content (AvgIpc) is 2.60. The summed E-state index contributed by atoms with van der Waals surface area (Å²) >= 11 is 5.08. The third kappa shape index (κ3) is 10.7. The van der Waals surface area contributed by atoms with Crippen molar-refractivity contribution < 1.29 is 0 Å². The molecule has 0 radical (unpaired) electrons. The van der Waals surface area contributed by atoms with Crippen LogP contribution in [0.2, 0.25) is 8.87 Å². The predicted octanol–water partition coefficient (Wildman–Crippen LogP) is 7.60. The Bertz CT molecular complexity index is 356. The molecular formula is C18H32BrIN2Sn-2. The Morgan fingerprint density at radius 2 is 1.91 bits per heavy atom. The molecule has 0 aromatic carbocycles.